The minimum atomic E-state index is -0.815. The molecule has 0 aromatic carbocycles. The lowest BCUT2D eigenvalue weighted by Crippen LogP contribution is -2.44. The quantitative estimate of drug-likeness (QED) is 0.588. The third-order valence-electron chi connectivity index (χ3n) is 2.21. The molecule has 0 fully saturated rings. The first kappa shape index (κ1) is 15.3. The Kier molecular flexibility index (Phi) is 7.61. The van der Waals surface area contributed by atoms with E-state index in [1.807, 2.05) is 13.8 Å². The molecule has 5 heteroatoms. The number of carbonyl (C=O) groups is 2. The molecule has 0 aromatic rings. The lowest BCUT2D eigenvalue weighted by molar-refractivity contribution is -0.137. The molecule has 0 aliphatic rings. The van der Waals surface area contributed by atoms with Gasteiger partial charge in [-0.3, -0.25) is 4.79 Å². The van der Waals surface area contributed by atoms with Crippen molar-refractivity contribution in [2.24, 2.45) is 0 Å². The van der Waals surface area contributed by atoms with Gasteiger partial charge in [-0.25, -0.2) is 4.79 Å². The monoisotopic (exact) mass is 240 g/mol. The first-order valence-electron chi connectivity index (χ1n) is 5.68. The summed E-state index contributed by atoms with van der Waals surface area (Å²) in [5.41, 5.74) is 0. The summed E-state index contributed by atoms with van der Waals surface area (Å²) < 4.78 is 0. The van der Waals surface area contributed by atoms with E-state index in [0.29, 0.717) is 19.3 Å². The van der Waals surface area contributed by atoms with Crippen LogP contribution in [0.1, 0.15) is 39.5 Å². The maximum Gasteiger partial charge on any atom is 0.315 e. The van der Waals surface area contributed by atoms with E-state index in [2.05, 4.69) is 16.6 Å². The van der Waals surface area contributed by atoms with Crippen LogP contribution in [0.25, 0.3) is 0 Å². The molecule has 2 amide bonds. The number of hydrogen-bond donors (Lipinski definition) is 3. The molecule has 2 unspecified atom stereocenters. The van der Waals surface area contributed by atoms with E-state index < -0.39 is 5.97 Å². The van der Waals surface area contributed by atoms with E-state index in [1.165, 1.54) is 0 Å². The second-order valence-electron chi connectivity index (χ2n) is 4.11. The Morgan fingerprint density at radius 2 is 1.88 bits per heavy atom. The van der Waals surface area contributed by atoms with Gasteiger partial charge in [-0.05, 0) is 26.7 Å². The zero-order chi connectivity index (χ0) is 13.3. The number of hydrogen-bond acceptors (Lipinski definition) is 2. The van der Waals surface area contributed by atoms with Crippen molar-refractivity contribution >= 4 is 12.0 Å². The highest BCUT2D eigenvalue weighted by Gasteiger charge is 2.09. The first-order valence-corrected chi connectivity index (χ1v) is 5.68. The fourth-order valence-electron chi connectivity index (χ4n) is 1.35. The Bertz CT molecular complexity index is 297. The van der Waals surface area contributed by atoms with Gasteiger partial charge in [0.1, 0.15) is 0 Å². The average Bonchev–Trinajstić information content (AvgIpc) is 2.16. The fraction of sp³-hybridized carbons (Fsp3) is 0.667. The second kappa shape index (κ2) is 8.45. The summed E-state index contributed by atoms with van der Waals surface area (Å²) in [5.74, 6) is 1.65. The number of urea groups is 1. The van der Waals surface area contributed by atoms with Crippen molar-refractivity contribution in [3.05, 3.63) is 0 Å². The molecule has 96 valence electrons. The van der Waals surface area contributed by atoms with Gasteiger partial charge in [-0.1, -0.05) is 0 Å². The minimum absolute atomic E-state index is 0.0487. The molecule has 5 nitrogen and oxygen atoms in total. The summed E-state index contributed by atoms with van der Waals surface area (Å²) in [6, 6.07) is -0.380. The number of terminal acetylenes is 1. The predicted octanol–water partition coefficient (Wildman–Crippen LogP) is 1.34. The van der Waals surface area contributed by atoms with Crippen LogP contribution in [0.4, 0.5) is 4.79 Å². The number of aliphatic carboxylic acids is 1. The Labute approximate surface area is 102 Å². The summed E-state index contributed by atoms with van der Waals surface area (Å²) in [5, 5.41) is 13.9. The molecule has 2 atom stereocenters. The van der Waals surface area contributed by atoms with Crippen LogP contribution in [0.3, 0.4) is 0 Å². The molecule has 0 aliphatic carbocycles. The van der Waals surface area contributed by atoms with E-state index >= 15 is 0 Å². The molecule has 0 aliphatic heterocycles. The van der Waals surface area contributed by atoms with Crippen LogP contribution < -0.4 is 10.6 Å². The van der Waals surface area contributed by atoms with Gasteiger partial charge in [0.15, 0.2) is 0 Å². The smallest absolute Gasteiger partial charge is 0.315 e. The Hall–Kier alpha value is -1.70. The lowest BCUT2D eigenvalue weighted by Gasteiger charge is -2.16. The van der Waals surface area contributed by atoms with Crippen LogP contribution in [0, 0.1) is 12.3 Å². The molecular formula is C12H20N2O3. The van der Waals surface area contributed by atoms with Gasteiger partial charge in [0, 0.05) is 24.9 Å². The standard InChI is InChI=1S/C12H20N2O3/c1-4-6-9(2)13-12(17)14-10(3)7-5-8-11(15)16/h1,9-10H,5-8H2,2-3H3,(H,15,16)(H2,13,14,17). The maximum absolute atomic E-state index is 11.4. The first-order chi connectivity index (χ1) is 7.95. The zero-order valence-corrected chi connectivity index (χ0v) is 10.3. The molecule has 0 bridgehead atoms. The number of carbonyl (C=O) groups excluding carboxylic acids is 1. The number of rotatable bonds is 7. The van der Waals surface area contributed by atoms with E-state index in [-0.39, 0.29) is 24.5 Å². The summed E-state index contributed by atoms with van der Waals surface area (Å²) in [7, 11) is 0. The van der Waals surface area contributed by atoms with E-state index in [1.54, 1.807) is 0 Å². The van der Waals surface area contributed by atoms with E-state index in [4.69, 9.17) is 11.5 Å². The molecule has 0 saturated carbocycles. The van der Waals surface area contributed by atoms with Crippen LogP contribution in [0.2, 0.25) is 0 Å². The third-order valence-corrected chi connectivity index (χ3v) is 2.21. The highest BCUT2D eigenvalue weighted by atomic mass is 16.4. The summed E-state index contributed by atoms with van der Waals surface area (Å²) in [4.78, 5) is 21.7. The Morgan fingerprint density at radius 3 is 2.41 bits per heavy atom. The van der Waals surface area contributed by atoms with Crippen LogP contribution in [-0.4, -0.2) is 29.2 Å². The van der Waals surface area contributed by atoms with Gasteiger partial charge >= 0.3 is 12.0 Å². The van der Waals surface area contributed by atoms with Crippen molar-refractivity contribution in [1.82, 2.24) is 10.6 Å². The van der Waals surface area contributed by atoms with Crippen LogP contribution >= 0.6 is 0 Å². The van der Waals surface area contributed by atoms with Gasteiger partial charge in [-0.2, -0.15) is 0 Å². The molecule has 3 N–H and O–H groups in total. The number of carboxylic acids is 1. The fourth-order valence-corrected chi connectivity index (χ4v) is 1.35. The highest BCUT2D eigenvalue weighted by Crippen LogP contribution is 2.00. The van der Waals surface area contributed by atoms with Crippen molar-refractivity contribution in [3.63, 3.8) is 0 Å². The largest absolute Gasteiger partial charge is 0.481 e. The molecule has 0 aromatic heterocycles. The normalized spacial score (nSPS) is 13.2. The van der Waals surface area contributed by atoms with Crippen LogP contribution in [0.5, 0.6) is 0 Å². The highest BCUT2D eigenvalue weighted by molar-refractivity contribution is 5.74. The van der Waals surface area contributed by atoms with E-state index in [9.17, 15) is 9.59 Å². The third kappa shape index (κ3) is 9.24. The molecule has 17 heavy (non-hydrogen) atoms. The SMILES string of the molecule is C#CCC(C)NC(=O)NC(C)CCCC(=O)O. The number of nitrogens with one attached hydrogen (secondary N) is 2. The minimum Gasteiger partial charge on any atom is -0.481 e. The van der Waals surface area contributed by atoms with Gasteiger partial charge in [0.2, 0.25) is 0 Å². The molecule has 0 radical (unpaired) electrons. The van der Waals surface area contributed by atoms with Crippen LogP contribution in [0.15, 0.2) is 0 Å². The Balaban J connectivity index is 3.73. The summed E-state index contributed by atoms with van der Waals surface area (Å²) >= 11 is 0. The van der Waals surface area contributed by atoms with Crippen molar-refractivity contribution in [1.29, 1.82) is 0 Å². The van der Waals surface area contributed by atoms with Crippen LogP contribution in [-0.2, 0) is 4.79 Å². The second-order valence-corrected chi connectivity index (χ2v) is 4.11. The number of carboxylic acid groups (broad SMARTS) is 1. The molecular weight excluding hydrogens is 220 g/mol. The van der Waals surface area contributed by atoms with E-state index in [0.717, 1.165) is 0 Å². The average molecular weight is 240 g/mol. The molecule has 0 saturated heterocycles. The zero-order valence-electron chi connectivity index (χ0n) is 10.3. The predicted molar refractivity (Wildman–Crippen MR) is 65.5 cm³/mol. The van der Waals surface area contributed by atoms with Crippen molar-refractivity contribution < 1.29 is 14.7 Å². The van der Waals surface area contributed by atoms with Gasteiger partial charge in [0.05, 0.1) is 0 Å². The Morgan fingerprint density at radius 1 is 1.29 bits per heavy atom. The summed E-state index contributed by atoms with van der Waals surface area (Å²) in [6.45, 7) is 3.67. The lowest BCUT2D eigenvalue weighted by atomic mass is 10.1. The molecule has 0 heterocycles. The van der Waals surface area contributed by atoms with Crippen molar-refractivity contribution in [2.45, 2.75) is 51.6 Å². The summed E-state index contributed by atoms with van der Waals surface area (Å²) in [6.07, 6.45) is 6.93. The molecule has 0 spiro atoms. The van der Waals surface area contributed by atoms with Gasteiger partial charge in [-0.15, -0.1) is 12.3 Å². The van der Waals surface area contributed by atoms with Crippen molar-refractivity contribution in [2.75, 3.05) is 0 Å². The maximum atomic E-state index is 11.4. The number of amides is 2. The van der Waals surface area contributed by atoms with Crippen molar-refractivity contribution in [3.8, 4) is 12.3 Å². The van der Waals surface area contributed by atoms with Gasteiger partial charge in [0.25, 0.3) is 0 Å². The van der Waals surface area contributed by atoms with Gasteiger partial charge < -0.3 is 15.7 Å². The topological polar surface area (TPSA) is 78.4 Å². The molecule has 0 rings (SSSR count).